The second kappa shape index (κ2) is 9.80. The number of methoxy groups -OCH3 is 1. The number of esters is 1. The van der Waals surface area contributed by atoms with Gasteiger partial charge in [0.1, 0.15) is 11.6 Å². The summed E-state index contributed by atoms with van der Waals surface area (Å²) in [6, 6.07) is 19.1. The molecular weight excluding hydrogens is 445 g/mol. The molecule has 4 aromatic carbocycles. The SMILES string of the molecule is COc1ccc(-c2ccc(C(=O)Oc3ccc(-c4ccc(CO)cc4)c(F)c3F)cc2)c(F)c1. The largest absolute Gasteiger partial charge is 0.497 e. The van der Waals surface area contributed by atoms with E-state index in [1.165, 1.54) is 49.6 Å². The van der Waals surface area contributed by atoms with Crippen molar-refractivity contribution in [1.82, 2.24) is 0 Å². The standard InChI is InChI=1S/C27H19F3O4/c1-33-20-10-11-21(23(28)14-20)17-6-8-19(9-7-17)27(32)34-24-13-12-22(25(29)26(24)30)18-4-2-16(15-31)3-5-18/h2-14,31H,15H2,1H3. The Labute approximate surface area is 193 Å². The lowest BCUT2D eigenvalue weighted by molar-refractivity contribution is 0.0727. The van der Waals surface area contributed by atoms with Gasteiger partial charge >= 0.3 is 5.97 Å². The molecule has 0 aliphatic rings. The maximum atomic E-state index is 14.7. The van der Waals surface area contributed by atoms with Gasteiger partial charge in [0.15, 0.2) is 11.6 Å². The number of aliphatic hydroxyl groups is 1. The van der Waals surface area contributed by atoms with Crippen LogP contribution >= 0.6 is 0 Å². The van der Waals surface area contributed by atoms with E-state index in [0.717, 1.165) is 0 Å². The number of hydrogen-bond acceptors (Lipinski definition) is 4. The first-order chi connectivity index (χ1) is 16.4. The molecule has 4 aromatic rings. The number of carbonyl (C=O) groups excluding carboxylic acids is 1. The van der Waals surface area contributed by atoms with Crippen molar-refractivity contribution in [3.63, 3.8) is 0 Å². The van der Waals surface area contributed by atoms with E-state index in [1.54, 1.807) is 36.4 Å². The van der Waals surface area contributed by atoms with E-state index in [2.05, 4.69) is 0 Å². The minimum atomic E-state index is -1.30. The van der Waals surface area contributed by atoms with Gasteiger partial charge in [0, 0.05) is 17.2 Å². The Balaban J connectivity index is 1.52. The summed E-state index contributed by atoms with van der Waals surface area (Å²) in [7, 11) is 1.44. The molecule has 4 nitrogen and oxygen atoms in total. The maximum absolute atomic E-state index is 14.7. The highest BCUT2D eigenvalue weighted by Crippen LogP contribution is 2.31. The van der Waals surface area contributed by atoms with Crippen LogP contribution in [0, 0.1) is 17.5 Å². The zero-order chi connectivity index (χ0) is 24.2. The average molecular weight is 464 g/mol. The minimum absolute atomic E-state index is 0.00680. The van der Waals surface area contributed by atoms with Crippen molar-refractivity contribution in [3.8, 4) is 33.8 Å². The van der Waals surface area contributed by atoms with E-state index in [0.29, 0.717) is 28.0 Å². The molecule has 1 N–H and O–H groups in total. The Hall–Kier alpha value is -4.10. The third kappa shape index (κ3) is 4.65. The lowest BCUT2D eigenvalue weighted by Gasteiger charge is -2.10. The third-order valence-corrected chi connectivity index (χ3v) is 5.30. The molecule has 0 amide bonds. The lowest BCUT2D eigenvalue weighted by atomic mass is 10.0. The molecule has 34 heavy (non-hydrogen) atoms. The van der Waals surface area contributed by atoms with Crippen LogP contribution in [0.3, 0.4) is 0 Å². The smallest absolute Gasteiger partial charge is 0.343 e. The molecule has 0 bridgehead atoms. The second-order valence-corrected chi connectivity index (χ2v) is 7.41. The number of halogens is 3. The molecule has 0 aliphatic carbocycles. The van der Waals surface area contributed by atoms with Crippen molar-refractivity contribution in [2.24, 2.45) is 0 Å². The van der Waals surface area contributed by atoms with Gasteiger partial charge in [-0.05, 0) is 53.1 Å². The highest BCUT2D eigenvalue weighted by molar-refractivity contribution is 5.91. The Kier molecular flexibility index (Phi) is 6.65. The first-order valence-electron chi connectivity index (χ1n) is 10.3. The van der Waals surface area contributed by atoms with Gasteiger partial charge in [-0.1, -0.05) is 36.4 Å². The summed E-state index contributed by atoms with van der Waals surface area (Å²) in [4.78, 5) is 12.5. The molecule has 0 aromatic heterocycles. The van der Waals surface area contributed by atoms with Gasteiger partial charge in [-0.25, -0.2) is 13.6 Å². The Morgan fingerprint density at radius 3 is 2.03 bits per heavy atom. The second-order valence-electron chi connectivity index (χ2n) is 7.41. The van der Waals surface area contributed by atoms with Crippen molar-refractivity contribution in [2.75, 3.05) is 7.11 Å². The maximum Gasteiger partial charge on any atom is 0.343 e. The molecule has 0 heterocycles. The molecule has 0 radical (unpaired) electrons. The van der Waals surface area contributed by atoms with E-state index in [1.807, 2.05) is 0 Å². The lowest BCUT2D eigenvalue weighted by Crippen LogP contribution is -2.10. The normalized spacial score (nSPS) is 10.7. The summed E-state index contributed by atoms with van der Waals surface area (Å²) in [6.07, 6.45) is 0. The van der Waals surface area contributed by atoms with Crippen LogP contribution in [0.5, 0.6) is 11.5 Å². The monoisotopic (exact) mass is 464 g/mol. The zero-order valence-corrected chi connectivity index (χ0v) is 18.0. The summed E-state index contributed by atoms with van der Waals surface area (Å²) in [5, 5.41) is 9.11. The molecule has 0 fully saturated rings. The quantitative estimate of drug-likeness (QED) is 0.274. The van der Waals surface area contributed by atoms with Crippen molar-refractivity contribution in [2.45, 2.75) is 6.61 Å². The Bertz CT molecular complexity index is 1330. The predicted molar refractivity (Wildman–Crippen MR) is 121 cm³/mol. The van der Waals surface area contributed by atoms with E-state index < -0.39 is 29.2 Å². The fourth-order valence-corrected chi connectivity index (χ4v) is 3.42. The first-order valence-corrected chi connectivity index (χ1v) is 10.3. The van der Waals surface area contributed by atoms with Crippen LogP contribution in [0.1, 0.15) is 15.9 Å². The van der Waals surface area contributed by atoms with E-state index in [9.17, 15) is 18.0 Å². The summed E-state index contributed by atoms with van der Waals surface area (Å²) in [5.74, 6) is -4.01. The molecule has 4 rings (SSSR count). The number of rotatable bonds is 6. The molecule has 0 unspecified atom stereocenters. The number of benzene rings is 4. The first kappa shape index (κ1) is 23.1. The molecule has 7 heteroatoms. The van der Waals surface area contributed by atoms with Gasteiger partial charge in [0.05, 0.1) is 19.3 Å². The van der Waals surface area contributed by atoms with Crippen LogP contribution in [-0.2, 0) is 6.61 Å². The molecule has 0 saturated carbocycles. The van der Waals surface area contributed by atoms with Gasteiger partial charge < -0.3 is 14.6 Å². The Morgan fingerprint density at radius 1 is 0.794 bits per heavy atom. The molecule has 0 atom stereocenters. The van der Waals surface area contributed by atoms with Crippen LogP contribution < -0.4 is 9.47 Å². The van der Waals surface area contributed by atoms with E-state index in [-0.39, 0.29) is 17.7 Å². The van der Waals surface area contributed by atoms with E-state index in [4.69, 9.17) is 14.6 Å². The van der Waals surface area contributed by atoms with Crippen LogP contribution in [0.4, 0.5) is 13.2 Å². The fraction of sp³-hybridized carbons (Fsp3) is 0.0741. The average Bonchev–Trinajstić information content (AvgIpc) is 2.87. The number of aliphatic hydroxyl groups excluding tert-OH is 1. The molecule has 0 aliphatic heterocycles. The molecule has 172 valence electrons. The number of hydrogen-bond donors (Lipinski definition) is 1. The van der Waals surface area contributed by atoms with Gasteiger partial charge in [0.2, 0.25) is 5.82 Å². The van der Waals surface area contributed by atoms with Gasteiger partial charge in [0.25, 0.3) is 0 Å². The van der Waals surface area contributed by atoms with Gasteiger partial charge in [-0.15, -0.1) is 0 Å². The summed E-state index contributed by atoms with van der Waals surface area (Å²) in [6.45, 7) is -0.165. The highest BCUT2D eigenvalue weighted by atomic mass is 19.2. The predicted octanol–water partition coefficient (Wildman–Crippen LogP) is 6.16. The molecular formula is C27H19F3O4. The van der Waals surface area contributed by atoms with Crippen molar-refractivity contribution >= 4 is 5.97 Å². The summed E-state index contributed by atoms with van der Waals surface area (Å²) < 4.78 is 53.6. The van der Waals surface area contributed by atoms with Gasteiger partial charge in [-0.3, -0.25) is 0 Å². The van der Waals surface area contributed by atoms with Gasteiger partial charge in [-0.2, -0.15) is 4.39 Å². The van der Waals surface area contributed by atoms with Crippen LogP contribution in [0.15, 0.2) is 78.9 Å². The summed E-state index contributed by atoms with van der Waals surface area (Å²) >= 11 is 0. The molecule has 0 spiro atoms. The fourth-order valence-electron chi connectivity index (χ4n) is 3.42. The summed E-state index contributed by atoms with van der Waals surface area (Å²) in [5.41, 5.74) is 1.96. The topological polar surface area (TPSA) is 55.8 Å². The number of carbonyl (C=O) groups is 1. The van der Waals surface area contributed by atoms with Crippen molar-refractivity contribution in [1.29, 1.82) is 0 Å². The Morgan fingerprint density at radius 2 is 1.41 bits per heavy atom. The van der Waals surface area contributed by atoms with Crippen molar-refractivity contribution in [3.05, 3.63) is 107 Å². The third-order valence-electron chi connectivity index (χ3n) is 5.30. The number of ether oxygens (including phenoxy) is 2. The van der Waals surface area contributed by atoms with Crippen molar-refractivity contribution < 1.29 is 32.5 Å². The van der Waals surface area contributed by atoms with E-state index >= 15 is 0 Å². The van der Waals surface area contributed by atoms with Crippen LogP contribution in [-0.4, -0.2) is 18.2 Å². The zero-order valence-electron chi connectivity index (χ0n) is 18.0. The highest BCUT2D eigenvalue weighted by Gasteiger charge is 2.19. The van der Waals surface area contributed by atoms with Crippen LogP contribution in [0.2, 0.25) is 0 Å². The molecule has 0 saturated heterocycles. The minimum Gasteiger partial charge on any atom is -0.497 e. The van der Waals surface area contributed by atoms with Crippen LogP contribution in [0.25, 0.3) is 22.3 Å².